The molecule has 2 aromatic heterocycles. The van der Waals surface area contributed by atoms with Gasteiger partial charge in [0.05, 0.1) is 22.6 Å². The van der Waals surface area contributed by atoms with Gasteiger partial charge in [0.15, 0.2) is 0 Å². The zero-order valence-corrected chi connectivity index (χ0v) is 52.9. The van der Waals surface area contributed by atoms with Crippen LogP contribution in [0.2, 0.25) is 0 Å². The number of hydrogen-bond donors (Lipinski definition) is 0. The van der Waals surface area contributed by atoms with E-state index >= 15 is 0 Å². The molecule has 86 heavy (non-hydrogen) atoms. The molecule has 5 heteroatoms. The molecule has 0 amide bonds. The maximum Gasteiger partial charge on any atom is 0.0763 e. The fourth-order valence-electron chi connectivity index (χ4n) is 13.6. The fourth-order valence-corrected chi connectivity index (χ4v) is 14.6. The van der Waals surface area contributed by atoms with E-state index in [1.807, 2.05) is 6.07 Å². The van der Waals surface area contributed by atoms with Crippen LogP contribution in [0.5, 0.6) is 0 Å². The minimum atomic E-state index is -0.144. The van der Waals surface area contributed by atoms with Crippen LogP contribution in [0.4, 0.5) is 0 Å². The van der Waals surface area contributed by atoms with E-state index in [-0.39, 0.29) is 30.9 Å². The van der Waals surface area contributed by atoms with Crippen LogP contribution in [0.3, 0.4) is 0 Å². The summed E-state index contributed by atoms with van der Waals surface area (Å²) >= 11 is 1.74. The number of aryl methyl sites for hydroxylation is 4. The van der Waals surface area contributed by atoms with E-state index in [1.54, 1.807) is 11.3 Å². The summed E-state index contributed by atoms with van der Waals surface area (Å²) in [5.74, 6) is 0.695. The molecule has 0 aliphatic heterocycles. The standard InChI is InChI=1S/C59H51N2.C22H16NS.Ir/c1-39-34-48(44-25-16-22-42(36-44)21-9-6-5-8-18-41-19-10-7-11-20-41)35-40(2)55(39)57-52-28-17-27-49(46-31-30-43-23-12-13-24-45(43)37-46)56(52)60-58(61-57)47-32-33-51-50-26-14-15-29-53(50)59(3,4)54(51)38-47;1-22(2)17-8-4-3-7-15(17)16-12-11-14(13-18(16)22)21-23-19-9-5-6-10-20(19)24-21;/h7,10-17,19-20,22-31,33-38H,5-6,8-9,18,21H2,1-4H3;3-10,12-13H,1-2H3;/q2*-1;. The second-order valence-corrected chi connectivity index (χ2v) is 25.5. The average Bonchev–Trinajstić information content (AvgIpc) is 1.91. The van der Waals surface area contributed by atoms with Gasteiger partial charge >= 0.3 is 0 Å². The van der Waals surface area contributed by atoms with Crippen LogP contribution in [-0.4, -0.2) is 15.0 Å². The zero-order valence-electron chi connectivity index (χ0n) is 49.7. The Bertz CT molecular complexity index is 4650. The Morgan fingerprint density at radius 2 is 1.00 bits per heavy atom. The minimum absolute atomic E-state index is 0. The summed E-state index contributed by atoms with van der Waals surface area (Å²) in [6, 6.07) is 88.4. The van der Waals surface area contributed by atoms with Gasteiger partial charge < -0.3 is 0 Å². The number of nitrogens with zero attached hydrogens (tertiary/aromatic N) is 3. The number of thiazole rings is 1. The second-order valence-electron chi connectivity index (χ2n) is 24.4. The molecule has 0 atom stereocenters. The maximum atomic E-state index is 5.52. The van der Waals surface area contributed by atoms with Gasteiger partial charge in [0.1, 0.15) is 0 Å². The van der Waals surface area contributed by atoms with Gasteiger partial charge in [-0.1, -0.05) is 245 Å². The molecule has 2 aliphatic carbocycles. The SMILES string of the molecule is CC1(C)c2ccccc2-c2c[c-]c(-c3nc4ccccc4s3)cc21.Cc1cc(-c2cccc(CCCCCCc3ccccc3)c2)cc(C)c1-c1nc(-c2[c-]cc3c(c2)C(C)(C)c2ccccc2-3)nc2c(-c3ccc4ccccc4c3)cccc12.[Ir]. The van der Waals surface area contributed by atoms with Gasteiger partial charge in [-0.15, -0.1) is 58.7 Å². The van der Waals surface area contributed by atoms with Crippen molar-refractivity contribution in [1.29, 1.82) is 0 Å². The quantitative estimate of drug-likeness (QED) is 0.0904. The molecular weight excluding hydrogens is 1240 g/mol. The molecule has 0 N–H and O–H groups in total. The first kappa shape index (κ1) is 56.7. The number of fused-ring (bicyclic) bond motifs is 9. The van der Waals surface area contributed by atoms with Crippen LogP contribution >= 0.6 is 11.3 Å². The van der Waals surface area contributed by atoms with E-state index < -0.39 is 0 Å². The monoisotopic (exact) mass is 1310 g/mol. The first-order valence-electron chi connectivity index (χ1n) is 30.2. The second kappa shape index (κ2) is 23.4. The third kappa shape index (κ3) is 10.5. The van der Waals surface area contributed by atoms with Crippen molar-refractivity contribution in [2.75, 3.05) is 0 Å². The predicted molar refractivity (Wildman–Crippen MR) is 358 cm³/mol. The molecule has 0 fully saturated rings. The van der Waals surface area contributed by atoms with E-state index in [9.17, 15) is 0 Å². The van der Waals surface area contributed by atoms with Crippen molar-refractivity contribution in [2.24, 2.45) is 0 Å². The van der Waals surface area contributed by atoms with Crippen LogP contribution in [0.1, 0.15) is 97.9 Å². The Balaban J connectivity index is 0.000000228. The van der Waals surface area contributed by atoms with Crippen molar-refractivity contribution >= 4 is 43.2 Å². The van der Waals surface area contributed by atoms with Gasteiger partial charge in [0, 0.05) is 46.3 Å². The Labute approximate surface area is 524 Å². The predicted octanol–water partition coefficient (Wildman–Crippen LogP) is 21.6. The van der Waals surface area contributed by atoms with Gasteiger partial charge in [-0.2, -0.15) is 11.3 Å². The summed E-state index contributed by atoms with van der Waals surface area (Å²) in [6.07, 6.45) is 7.27. The minimum Gasteiger partial charge on any atom is -0.285 e. The summed E-state index contributed by atoms with van der Waals surface area (Å²) in [5, 5.41) is 4.54. The summed E-state index contributed by atoms with van der Waals surface area (Å²) in [7, 11) is 0. The van der Waals surface area contributed by atoms with Crippen molar-refractivity contribution in [3.63, 3.8) is 0 Å². The summed E-state index contributed by atoms with van der Waals surface area (Å²) in [5.41, 5.74) is 26.6. The van der Waals surface area contributed by atoms with Crippen LogP contribution in [0, 0.1) is 26.0 Å². The van der Waals surface area contributed by atoms with Crippen molar-refractivity contribution in [3.05, 3.63) is 281 Å². The van der Waals surface area contributed by atoms with E-state index in [4.69, 9.17) is 15.0 Å². The molecule has 1 radical (unpaired) electrons. The van der Waals surface area contributed by atoms with Crippen LogP contribution in [-0.2, 0) is 43.8 Å². The first-order chi connectivity index (χ1) is 41.5. The van der Waals surface area contributed by atoms with Gasteiger partial charge in [-0.05, 0) is 129 Å². The van der Waals surface area contributed by atoms with Crippen molar-refractivity contribution < 1.29 is 20.1 Å². The smallest absolute Gasteiger partial charge is 0.0763 e. The molecule has 0 unspecified atom stereocenters. The van der Waals surface area contributed by atoms with E-state index in [1.165, 1.54) is 125 Å². The van der Waals surface area contributed by atoms with Gasteiger partial charge in [-0.3, -0.25) is 15.0 Å². The molecule has 0 saturated heterocycles. The van der Waals surface area contributed by atoms with Gasteiger partial charge in [-0.25, -0.2) is 0 Å². The fraction of sp³-hybridized carbons (Fsp3) is 0.173. The summed E-state index contributed by atoms with van der Waals surface area (Å²) in [4.78, 5) is 15.8. The molecule has 0 bridgehead atoms. The topological polar surface area (TPSA) is 38.7 Å². The molecule has 3 nitrogen and oxygen atoms in total. The molecule has 15 rings (SSSR count). The number of para-hydroxylation sites is 2. The van der Waals surface area contributed by atoms with E-state index in [0.717, 1.165) is 61.4 Å². The Hall–Kier alpha value is -8.44. The Morgan fingerprint density at radius 1 is 0.419 bits per heavy atom. The molecular formula is C81H67IrN3S-2. The average molecular weight is 1310 g/mol. The van der Waals surface area contributed by atoms with Crippen molar-refractivity contribution in [2.45, 2.75) is 90.9 Å². The van der Waals surface area contributed by atoms with Crippen LogP contribution < -0.4 is 0 Å². The molecule has 2 aliphatic rings. The first-order valence-corrected chi connectivity index (χ1v) is 31.0. The molecule has 2 heterocycles. The van der Waals surface area contributed by atoms with Crippen LogP contribution in [0.15, 0.2) is 224 Å². The van der Waals surface area contributed by atoms with Gasteiger partial charge in [0.2, 0.25) is 0 Å². The summed E-state index contributed by atoms with van der Waals surface area (Å²) in [6.45, 7) is 13.7. The molecule has 423 valence electrons. The third-order valence-electron chi connectivity index (χ3n) is 18.1. The van der Waals surface area contributed by atoms with Gasteiger partial charge in [0.25, 0.3) is 0 Å². The number of unbranched alkanes of at least 4 members (excludes halogenated alkanes) is 3. The van der Waals surface area contributed by atoms with Crippen molar-refractivity contribution in [1.82, 2.24) is 15.0 Å². The molecule has 11 aromatic carbocycles. The number of rotatable bonds is 12. The normalized spacial score (nSPS) is 13.1. The maximum absolute atomic E-state index is 5.52. The zero-order chi connectivity index (χ0) is 57.8. The summed E-state index contributed by atoms with van der Waals surface area (Å²) < 4.78 is 1.23. The van der Waals surface area contributed by atoms with E-state index in [2.05, 4.69) is 272 Å². The van der Waals surface area contributed by atoms with Crippen molar-refractivity contribution in [3.8, 4) is 77.7 Å². The number of aromatic nitrogens is 3. The number of hydrogen-bond acceptors (Lipinski definition) is 4. The molecule has 0 saturated carbocycles. The molecule has 0 spiro atoms. The Morgan fingerprint density at radius 3 is 1.71 bits per heavy atom. The Kier molecular flexibility index (Phi) is 15.4. The largest absolute Gasteiger partial charge is 0.285 e. The third-order valence-corrected chi connectivity index (χ3v) is 19.2. The van der Waals surface area contributed by atoms with Crippen LogP contribution in [0.25, 0.3) is 110 Å². The van der Waals surface area contributed by atoms with E-state index in [0.29, 0.717) is 5.82 Å². The molecule has 13 aromatic rings. The number of benzene rings is 11.